The third-order valence-electron chi connectivity index (χ3n) is 5.47. The highest BCUT2D eigenvalue weighted by molar-refractivity contribution is 7.89. The van der Waals surface area contributed by atoms with Gasteiger partial charge in [-0.2, -0.15) is 17.5 Å². The number of nitrogens with one attached hydrogen (secondary N) is 1. The number of alkyl halides is 3. The molecule has 1 aromatic carbocycles. The molecule has 0 unspecified atom stereocenters. The summed E-state index contributed by atoms with van der Waals surface area (Å²) in [5.41, 5.74) is -0.989. The van der Waals surface area contributed by atoms with Gasteiger partial charge in [0.1, 0.15) is 0 Å². The normalized spacial score (nSPS) is 20.5. The van der Waals surface area contributed by atoms with Crippen molar-refractivity contribution in [2.24, 2.45) is 0 Å². The molecule has 2 fully saturated rings. The van der Waals surface area contributed by atoms with Crippen LogP contribution >= 0.6 is 0 Å². The lowest BCUT2D eigenvalue weighted by Gasteiger charge is -2.34. The molecule has 1 amide bonds. The summed E-state index contributed by atoms with van der Waals surface area (Å²) in [7, 11) is -4.01. The summed E-state index contributed by atoms with van der Waals surface area (Å²) in [6.07, 6.45) is 0.835. The van der Waals surface area contributed by atoms with E-state index < -0.39 is 21.8 Å². The number of carbonyl (C=O) groups excluding carboxylic acids is 1. The van der Waals surface area contributed by atoms with Crippen LogP contribution in [0.15, 0.2) is 29.2 Å². The maximum Gasteiger partial charge on any atom is 0.416 e. The molecule has 1 aliphatic carbocycles. The zero-order valence-electron chi connectivity index (χ0n) is 16.1. The van der Waals surface area contributed by atoms with E-state index in [0.29, 0.717) is 19.2 Å². The van der Waals surface area contributed by atoms with Crippen LogP contribution in [0.25, 0.3) is 0 Å². The van der Waals surface area contributed by atoms with Crippen molar-refractivity contribution in [3.63, 3.8) is 0 Å². The molecule has 1 saturated heterocycles. The molecule has 0 spiro atoms. The molecule has 1 aliphatic heterocycles. The van der Waals surface area contributed by atoms with Crippen LogP contribution in [0.3, 0.4) is 0 Å². The van der Waals surface area contributed by atoms with Gasteiger partial charge in [0.05, 0.1) is 17.0 Å². The molecule has 162 valence electrons. The van der Waals surface area contributed by atoms with Crippen molar-refractivity contribution in [3.8, 4) is 0 Å². The van der Waals surface area contributed by atoms with Crippen LogP contribution in [0.5, 0.6) is 0 Å². The summed E-state index contributed by atoms with van der Waals surface area (Å²) >= 11 is 0. The first-order chi connectivity index (χ1) is 13.7. The lowest BCUT2D eigenvalue weighted by molar-refractivity contribution is -0.137. The summed E-state index contributed by atoms with van der Waals surface area (Å²) in [6.45, 7) is 1.19. The van der Waals surface area contributed by atoms with E-state index in [-0.39, 0.29) is 36.5 Å². The Morgan fingerprint density at radius 2 is 1.72 bits per heavy atom. The Bertz CT molecular complexity index is 815. The fourth-order valence-corrected chi connectivity index (χ4v) is 5.30. The van der Waals surface area contributed by atoms with E-state index in [2.05, 4.69) is 5.32 Å². The Morgan fingerprint density at radius 1 is 1.07 bits per heavy atom. The summed E-state index contributed by atoms with van der Waals surface area (Å²) in [5.74, 6) is -0.0638. The van der Waals surface area contributed by atoms with E-state index in [1.165, 1.54) is 16.8 Å². The van der Waals surface area contributed by atoms with Crippen LogP contribution in [-0.4, -0.2) is 62.3 Å². The number of nitrogens with zero attached hydrogens (tertiary/aromatic N) is 2. The molecule has 2 aliphatic rings. The van der Waals surface area contributed by atoms with Crippen molar-refractivity contribution < 1.29 is 26.4 Å². The maximum atomic E-state index is 12.9. The second-order valence-electron chi connectivity index (χ2n) is 7.61. The average molecular weight is 433 g/mol. The van der Waals surface area contributed by atoms with E-state index in [1.54, 1.807) is 0 Å². The fraction of sp³-hybridized carbons (Fsp3) is 0.632. The third kappa shape index (κ3) is 5.70. The van der Waals surface area contributed by atoms with Crippen molar-refractivity contribution >= 4 is 15.9 Å². The van der Waals surface area contributed by atoms with Crippen LogP contribution in [0.2, 0.25) is 0 Å². The molecular weight excluding hydrogens is 407 g/mol. The smallest absolute Gasteiger partial charge is 0.352 e. The number of carbonyl (C=O) groups is 1. The van der Waals surface area contributed by atoms with Gasteiger partial charge in [-0.15, -0.1) is 0 Å². The van der Waals surface area contributed by atoms with Crippen LogP contribution < -0.4 is 5.32 Å². The number of amides is 1. The van der Waals surface area contributed by atoms with Crippen LogP contribution in [0.4, 0.5) is 13.2 Å². The number of rotatable bonds is 5. The molecule has 0 aromatic heterocycles. The van der Waals surface area contributed by atoms with Crippen molar-refractivity contribution in [3.05, 3.63) is 29.8 Å². The molecule has 29 heavy (non-hydrogen) atoms. The summed E-state index contributed by atoms with van der Waals surface area (Å²) in [4.78, 5) is 13.7. The molecule has 0 radical (unpaired) electrons. The Labute approximate surface area is 169 Å². The molecule has 0 atom stereocenters. The number of piperazine rings is 1. The van der Waals surface area contributed by atoms with Gasteiger partial charge in [0.15, 0.2) is 0 Å². The van der Waals surface area contributed by atoms with Crippen molar-refractivity contribution in [1.82, 2.24) is 14.5 Å². The lowest BCUT2D eigenvalue weighted by atomic mass is 9.95. The molecule has 3 rings (SSSR count). The van der Waals surface area contributed by atoms with Gasteiger partial charge in [-0.1, -0.05) is 25.3 Å². The predicted molar refractivity (Wildman–Crippen MR) is 102 cm³/mol. The maximum absolute atomic E-state index is 12.9. The molecular formula is C19H26F3N3O3S. The minimum Gasteiger partial charge on any atom is -0.352 e. The standard InChI is InChI=1S/C19H26F3N3O3S/c20-19(21,22)15-5-4-8-17(13-15)29(27,28)25-11-9-24(10-12-25)14-18(26)23-16-6-2-1-3-7-16/h4-5,8,13,16H,1-3,6-7,9-12,14H2,(H,23,26). The molecule has 1 aromatic rings. The van der Waals surface area contributed by atoms with Gasteiger partial charge in [0.2, 0.25) is 15.9 Å². The van der Waals surface area contributed by atoms with Crippen LogP contribution in [-0.2, 0) is 21.0 Å². The number of sulfonamides is 1. The van der Waals surface area contributed by atoms with Crippen molar-refractivity contribution in [2.45, 2.75) is 49.2 Å². The Hall–Kier alpha value is -1.65. The van der Waals surface area contributed by atoms with E-state index in [9.17, 15) is 26.4 Å². The highest BCUT2D eigenvalue weighted by Crippen LogP contribution is 2.31. The highest BCUT2D eigenvalue weighted by Gasteiger charge is 2.34. The van der Waals surface area contributed by atoms with Crippen LogP contribution in [0.1, 0.15) is 37.7 Å². The Balaban J connectivity index is 1.55. The van der Waals surface area contributed by atoms with Crippen molar-refractivity contribution in [1.29, 1.82) is 0 Å². The zero-order chi connectivity index (χ0) is 21.1. The second-order valence-corrected chi connectivity index (χ2v) is 9.55. The molecule has 0 bridgehead atoms. The van der Waals surface area contributed by atoms with E-state index >= 15 is 0 Å². The number of hydrogen-bond acceptors (Lipinski definition) is 4. The minimum absolute atomic E-state index is 0.0638. The van der Waals surface area contributed by atoms with Gasteiger partial charge in [-0.05, 0) is 31.0 Å². The van der Waals surface area contributed by atoms with E-state index in [4.69, 9.17) is 0 Å². The SMILES string of the molecule is O=C(CN1CCN(S(=O)(=O)c2cccc(C(F)(F)F)c2)CC1)NC1CCCCC1. The fourth-order valence-electron chi connectivity index (χ4n) is 3.83. The van der Waals surface area contributed by atoms with Crippen molar-refractivity contribution in [2.75, 3.05) is 32.7 Å². The topological polar surface area (TPSA) is 69.7 Å². The molecule has 1 heterocycles. The van der Waals surface area contributed by atoms with E-state index in [1.807, 2.05) is 4.90 Å². The first-order valence-corrected chi connectivity index (χ1v) is 11.3. The molecule has 10 heteroatoms. The van der Waals surface area contributed by atoms with Gasteiger partial charge in [-0.25, -0.2) is 8.42 Å². The number of hydrogen-bond donors (Lipinski definition) is 1. The molecule has 6 nitrogen and oxygen atoms in total. The lowest BCUT2D eigenvalue weighted by Crippen LogP contribution is -2.51. The largest absolute Gasteiger partial charge is 0.416 e. The average Bonchev–Trinajstić information content (AvgIpc) is 2.68. The minimum atomic E-state index is -4.60. The van der Waals surface area contributed by atoms with Gasteiger partial charge in [-0.3, -0.25) is 9.69 Å². The van der Waals surface area contributed by atoms with Gasteiger partial charge >= 0.3 is 6.18 Å². The first-order valence-electron chi connectivity index (χ1n) is 9.85. The summed E-state index contributed by atoms with van der Waals surface area (Å²) in [6, 6.07) is 4.01. The predicted octanol–water partition coefficient (Wildman–Crippen LogP) is 2.46. The van der Waals surface area contributed by atoms with Gasteiger partial charge in [0, 0.05) is 32.2 Å². The number of benzene rings is 1. The second kappa shape index (κ2) is 9.01. The van der Waals surface area contributed by atoms with Gasteiger partial charge < -0.3 is 5.32 Å². The van der Waals surface area contributed by atoms with E-state index in [0.717, 1.165) is 37.8 Å². The number of halogens is 3. The molecule has 1 saturated carbocycles. The summed E-state index contributed by atoms with van der Waals surface area (Å²) < 4.78 is 65.3. The monoisotopic (exact) mass is 433 g/mol. The Kier molecular flexibility index (Phi) is 6.85. The third-order valence-corrected chi connectivity index (χ3v) is 7.36. The van der Waals surface area contributed by atoms with Crippen LogP contribution in [0, 0.1) is 0 Å². The van der Waals surface area contributed by atoms with Gasteiger partial charge in [0.25, 0.3) is 0 Å². The molecule has 1 N–H and O–H groups in total. The Morgan fingerprint density at radius 3 is 2.34 bits per heavy atom. The quantitative estimate of drug-likeness (QED) is 0.775. The zero-order valence-corrected chi connectivity index (χ0v) is 16.9. The summed E-state index contributed by atoms with van der Waals surface area (Å²) in [5, 5.41) is 3.03. The first kappa shape index (κ1) is 22.0. The highest BCUT2D eigenvalue weighted by atomic mass is 32.2.